The monoisotopic (exact) mass is 342 g/mol. The minimum Gasteiger partial charge on any atom is -0.391 e. The van der Waals surface area contributed by atoms with Crippen molar-refractivity contribution in [2.45, 2.75) is 26.4 Å². The zero-order valence-corrected chi connectivity index (χ0v) is 15.1. The lowest BCUT2D eigenvalue weighted by molar-refractivity contribution is -0.142. The zero-order chi connectivity index (χ0) is 18.0. The number of fused-ring (bicyclic) bond motifs is 1. The minimum atomic E-state index is -0.579. The Hall–Kier alpha value is -1.98. The van der Waals surface area contributed by atoms with Crippen LogP contribution in [-0.4, -0.2) is 53.8 Å². The molecule has 1 amide bonds. The summed E-state index contributed by atoms with van der Waals surface area (Å²) in [4.78, 5) is 19.1. The van der Waals surface area contributed by atoms with Gasteiger partial charge in [0.1, 0.15) is 0 Å². The molecular formula is C20H26N2O3. The quantitative estimate of drug-likeness (QED) is 0.905. The third kappa shape index (κ3) is 3.83. The van der Waals surface area contributed by atoms with Crippen molar-refractivity contribution in [2.75, 3.05) is 26.8 Å². The van der Waals surface area contributed by atoms with Crippen molar-refractivity contribution in [1.29, 1.82) is 0 Å². The third-order valence-corrected chi connectivity index (χ3v) is 4.91. The molecule has 0 bridgehead atoms. The fourth-order valence-corrected chi connectivity index (χ4v) is 3.56. The molecule has 1 aromatic heterocycles. The Kier molecular flexibility index (Phi) is 5.06. The Morgan fingerprint density at radius 3 is 2.80 bits per heavy atom. The van der Waals surface area contributed by atoms with E-state index in [1.807, 2.05) is 44.2 Å². The van der Waals surface area contributed by atoms with Crippen LogP contribution in [0.1, 0.15) is 19.5 Å². The number of carbonyl (C=O) groups excluding carboxylic acids is 1. The molecule has 2 atom stereocenters. The number of methoxy groups -OCH3 is 1. The van der Waals surface area contributed by atoms with Crippen molar-refractivity contribution in [3.8, 4) is 0 Å². The number of aliphatic hydroxyl groups is 1. The van der Waals surface area contributed by atoms with E-state index in [9.17, 15) is 9.90 Å². The highest BCUT2D eigenvalue weighted by Gasteiger charge is 2.39. The molecule has 1 aliphatic heterocycles. The molecule has 0 spiro atoms. The van der Waals surface area contributed by atoms with Gasteiger partial charge < -0.3 is 14.7 Å². The number of benzene rings is 1. The van der Waals surface area contributed by atoms with E-state index in [0.717, 1.165) is 16.6 Å². The van der Waals surface area contributed by atoms with Gasteiger partial charge in [0.05, 0.1) is 23.6 Å². The van der Waals surface area contributed by atoms with Gasteiger partial charge in [0.2, 0.25) is 5.91 Å². The minimum absolute atomic E-state index is 0.0101. The maximum atomic E-state index is 12.7. The van der Waals surface area contributed by atoms with Crippen LogP contribution in [-0.2, 0) is 16.0 Å². The number of hydrogen-bond donors (Lipinski definition) is 1. The SMILES string of the molecule is COCC(C)(C)C(=O)N1C[C@@H](Cc2ccc3ccccc3n2)[C@H](O)C1. The van der Waals surface area contributed by atoms with Crippen molar-refractivity contribution in [3.63, 3.8) is 0 Å². The highest BCUT2D eigenvalue weighted by Crippen LogP contribution is 2.27. The van der Waals surface area contributed by atoms with Crippen LogP contribution < -0.4 is 0 Å². The van der Waals surface area contributed by atoms with Gasteiger partial charge in [0.25, 0.3) is 0 Å². The molecule has 134 valence electrons. The lowest BCUT2D eigenvalue weighted by Crippen LogP contribution is -2.42. The van der Waals surface area contributed by atoms with E-state index in [1.165, 1.54) is 0 Å². The normalized spacial score (nSPS) is 21.0. The Labute approximate surface area is 148 Å². The highest BCUT2D eigenvalue weighted by atomic mass is 16.5. The van der Waals surface area contributed by atoms with E-state index in [1.54, 1.807) is 12.0 Å². The molecule has 0 radical (unpaired) electrons. The second kappa shape index (κ2) is 7.10. The van der Waals surface area contributed by atoms with Gasteiger partial charge in [-0.15, -0.1) is 0 Å². The number of aliphatic hydroxyl groups excluding tert-OH is 1. The number of aromatic nitrogens is 1. The number of hydrogen-bond acceptors (Lipinski definition) is 4. The van der Waals surface area contributed by atoms with E-state index in [2.05, 4.69) is 11.1 Å². The van der Waals surface area contributed by atoms with Gasteiger partial charge in [-0.25, -0.2) is 0 Å². The molecule has 5 nitrogen and oxygen atoms in total. The average molecular weight is 342 g/mol. The van der Waals surface area contributed by atoms with Gasteiger partial charge in [-0.1, -0.05) is 24.3 Å². The van der Waals surface area contributed by atoms with E-state index in [-0.39, 0.29) is 11.8 Å². The molecular weight excluding hydrogens is 316 g/mol. The first-order chi connectivity index (χ1) is 11.9. The molecule has 2 aromatic rings. The van der Waals surface area contributed by atoms with Crippen molar-refractivity contribution in [1.82, 2.24) is 9.88 Å². The van der Waals surface area contributed by atoms with Crippen LogP contribution in [0.5, 0.6) is 0 Å². The Balaban J connectivity index is 1.70. The first-order valence-electron chi connectivity index (χ1n) is 8.72. The number of amides is 1. The second-order valence-corrected chi connectivity index (χ2v) is 7.55. The summed E-state index contributed by atoms with van der Waals surface area (Å²) in [6.45, 7) is 5.06. The number of para-hydroxylation sites is 1. The summed E-state index contributed by atoms with van der Waals surface area (Å²) in [5, 5.41) is 11.5. The average Bonchev–Trinajstić information content (AvgIpc) is 2.94. The molecule has 0 aliphatic carbocycles. The summed E-state index contributed by atoms with van der Waals surface area (Å²) in [6, 6.07) is 12.1. The predicted molar refractivity (Wildman–Crippen MR) is 97.2 cm³/mol. The lowest BCUT2D eigenvalue weighted by atomic mass is 9.93. The highest BCUT2D eigenvalue weighted by molar-refractivity contribution is 5.82. The molecule has 1 fully saturated rings. The van der Waals surface area contributed by atoms with Gasteiger partial charge >= 0.3 is 0 Å². The Morgan fingerprint density at radius 2 is 2.04 bits per heavy atom. The van der Waals surface area contributed by atoms with Gasteiger partial charge in [-0.3, -0.25) is 9.78 Å². The molecule has 25 heavy (non-hydrogen) atoms. The summed E-state index contributed by atoms with van der Waals surface area (Å²) in [6.07, 6.45) is 0.149. The first-order valence-corrected chi connectivity index (χ1v) is 8.72. The molecule has 3 rings (SSSR count). The lowest BCUT2D eigenvalue weighted by Gasteiger charge is -2.28. The molecule has 5 heteroatoms. The fraction of sp³-hybridized carbons (Fsp3) is 0.500. The second-order valence-electron chi connectivity index (χ2n) is 7.55. The van der Waals surface area contributed by atoms with Crippen LogP contribution in [0.25, 0.3) is 10.9 Å². The largest absolute Gasteiger partial charge is 0.391 e. The van der Waals surface area contributed by atoms with Crippen molar-refractivity contribution >= 4 is 16.8 Å². The first kappa shape index (κ1) is 17.8. The van der Waals surface area contributed by atoms with E-state index in [0.29, 0.717) is 26.1 Å². The summed E-state index contributed by atoms with van der Waals surface area (Å²) in [5.74, 6) is 0.0401. The number of β-amino-alcohol motifs (C(OH)–C–C–N with tert-alkyl or cyclic N) is 1. The van der Waals surface area contributed by atoms with Gasteiger partial charge in [-0.2, -0.15) is 0 Å². The number of pyridine rings is 1. The van der Waals surface area contributed by atoms with Crippen molar-refractivity contribution < 1.29 is 14.6 Å². The Bertz CT molecular complexity index is 759. The molecule has 0 saturated carbocycles. The number of ether oxygens (including phenoxy) is 1. The third-order valence-electron chi connectivity index (χ3n) is 4.91. The van der Waals surface area contributed by atoms with Crippen molar-refractivity contribution in [2.24, 2.45) is 11.3 Å². The van der Waals surface area contributed by atoms with Crippen LogP contribution in [0, 0.1) is 11.3 Å². The van der Waals surface area contributed by atoms with Crippen LogP contribution in [0.15, 0.2) is 36.4 Å². The van der Waals surface area contributed by atoms with Crippen LogP contribution in [0.3, 0.4) is 0 Å². The van der Waals surface area contributed by atoms with Crippen LogP contribution >= 0.6 is 0 Å². The number of nitrogens with zero attached hydrogens (tertiary/aromatic N) is 2. The summed E-state index contributed by atoms with van der Waals surface area (Å²) < 4.78 is 5.16. The molecule has 1 aliphatic rings. The van der Waals surface area contributed by atoms with Crippen molar-refractivity contribution in [3.05, 3.63) is 42.1 Å². The number of likely N-dealkylation sites (tertiary alicyclic amines) is 1. The number of rotatable bonds is 5. The predicted octanol–water partition coefficient (Wildman–Crippen LogP) is 2.27. The summed E-state index contributed by atoms with van der Waals surface area (Å²) in [7, 11) is 1.60. The summed E-state index contributed by atoms with van der Waals surface area (Å²) >= 11 is 0. The zero-order valence-electron chi connectivity index (χ0n) is 15.1. The smallest absolute Gasteiger partial charge is 0.230 e. The van der Waals surface area contributed by atoms with Gasteiger partial charge in [0.15, 0.2) is 0 Å². The van der Waals surface area contributed by atoms with Gasteiger partial charge in [-0.05, 0) is 32.4 Å². The fourth-order valence-electron chi connectivity index (χ4n) is 3.56. The number of carbonyl (C=O) groups is 1. The van der Waals surface area contributed by atoms with E-state index >= 15 is 0 Å². The summed E-state index contributed by atoms with van der Waals surface area (Å²) in [5.41, 5.74) is 1.33. The maximum absolute atomic E-state index is 12.7. The van der Waals surface area contributed by atoms with Gasteiger partial charge in [0, 0.05) is 37.2 Å². The molecule has 1 N–H and O–H groups in total. The molecule has 0 unspecified atom stereocenters. The maximum Gasteiger partial charge on any atom is 0.230 e. The molecule has 1 saturated heterocycles. The molecule has 2 heterocycles. The topological polar surface area (TPSA) is 62.7 Å². The standard InChI is InChI=1S/C20H26N2O3/c1-20(2,13-25-3)19(24)22-11-15(18(23)12-22)10-16-9-8-14-6-4-5-7-17(14)21-16/h4-9,15,18,23H,10-13H2,1-3H3/t15-,18-/m1/s1. The van der Waals surface area contributed by atoms with E-state index < -0.39 is 11.5 Å². The van der Waals surface area contributed by atoms with Crippen LogP contribution in [0.2, 0.25) is 0 Å². The van der Waals surface area contributed by atoms with E-state index in [4.69, 9.17) is 4.74 Å². The Morgan fingerprint density at radius 1 is 1.28 bits per heavy atom. The molecule has 1 aromatic carbocycles. The van der Waals surface area contributed by atoms with Crippen LogP contribution in [0.4, 0.5) is 0 Å².